The molecule has 2 aromatic heterocycles. The Balaban J connectivity index is 1.22. The summed E-state index contributed by atoms with van der Waals surface area (Å²) in [5, 5.41) is 0. The highest BCUT2D eigenvalue weighted by Gasteiger charge is 2.25. The third-order valence-electron chi connectivity index (χ3n) is 5.80. The first-order valence-electron chi connectivity index (χ1n) is 10.3. The smallest absolute Gasteiger partial charge is 0.226 e. The van der Waals surface area contributed by atoms with Gasteiger partial charge in [-0.05, 0) is 63.5 Å². The van der Waals surface area contributed by atoms with Crippen molar-refractivity contribution in [1.82, 2.24) is 14.9 Å². The number of nitrogens with zero attached hydrogens (tertiary/aromatic N) is 3. The second-order valence-electron chi connectivity index (χ2n) is 8.03. The number of fused-ring (bicyclic) bond motifs is 1. The fraction of sp³-hybridized carbons (Fsp3) is 0.333. The zero-order chi connectivity index (χ0) is 19.8. The molecule has 0 saturated carbocycles. The van der Waals surface area contributed by atoms with Crippen molar-refractivity contribution >= 4 is 11.1 Å². The molecular weight excluding hydrogens is 362 g/mol. The lowest BCUT2D eigenvalue weighted by Crippen LogP contribution is -2.32. The molecule has 0 atom stereocenters. The Morgan fingerprint density at radius 1 is 1.03 bits per heavy atom. The Hall–Kier alpha value is -2.92. The van der Waals surface area contributed by atoms with Crippen LogP contribution in [0.3, 0.4) is 0 Å². The second kappa shape index (κ2) is 7.48. The van der Waals surface area contributed by atoms with Crippen LogP contribution < -0.4 is 0 Å². The Labute approximate surface area is 170 Å². The van der Waals surface area contributed by atoms with Crippen LogP contribution >= 0.6 is 0 Å². The summed E-state index contributed by atoms with van der Waals surface area (Å²) in [6.07, 6.45) is 3.89. The van der Waals surface area contributed by atoms with Crippen molar-refractivity contribution < 1.29 is 8.83 Å². The Bertz CT molecular complexity index is 1100. The molecule has 5 nitrogen and oxygen atoms in total. The van der Waals surface area contributed by atoms with Crippen LogP contribution in [0.4, 0.5) is 0 Å². The SMILES string of the molecule is Cc1ccc(-c2nc(CN3CCC(c4nc5ccccc5o4)CC3)co2)c(C)c1. The van der Waals surface area contributed by atoms with E-state index in [4.69, 9.17) is 13.8 Å². The van der Waals surface area contributed by atoms with Gasteiger partial charge in [0.25, 0.3) is 0 Å². The highest BCUT2D eigenvalue weighted by Crippen LogP contribution is 2.31. The van der Waals surface area contributed by atoms with Crippen molar-refractivity contribution in [2.75, 3.05) is 13.1 Å². The molecule has 1 fully saturated rings. The molecule has 0 radical (unpaired) electrons. The minimum Gasteiger partial charge on any atom is -0.444 e. The van der Waals surface area contributed by atoms with E-state index in [-0.39, 0.29) is 0 Å². The van der Waals surface area contributed by atoms with Crippen molar-refractivity contribution in [2.45, 2.75) is 39.2 Å². The maximum absolute atomic E-state index is 5.98. The molecule has 3 heterocycles. The lowest BCUT2D eigenvalue weighted by atomic mass is 9.97. The van der Waals surface area contributed by atoms with Crippen LogP contribution in [0.25, 0.3) is 22.6 Å². The first kappa shape index (κ1) is 18.1. The zero-order valence-corrected chi connectivity index (χ0v) is 16.9. The number of benzene rings is 2. The van der Waals surface area contributed by atoms with E-state index in [9.17, 15) is 0 Å². The van der Waals surface area contributed by atoms with E-state index in [0.717, 1.165) is 60.7 Å². The molecule has 0 amide bonds. The van der Waals surface area contributed by atoms with Gasteiger partial charge >= 0.3 is 0 Å². The quantitative estimate of drug-likeness (QED) is 0.464. The van der Waals surface area contributed by atoms with Crippen molar-refractivity contribution in [3.8, 4) is 11.5 Å². The van der Waals surface area contributed by atoms with Gasteiger partial charge < -0.3 is 8.83 Å². The van der Waals surface area contributed by atoms with E-state index in [1.54, 1.807) is 6.26 Å². The van der Waals surface area contributed by atoms with Crippen LogP contribution in [0.2, 0.25) is 0 Å². The van der Waals surface area contributed by atoms with Gasteiger partial charge in [-0.1, -0.05) is 29.8 Å². The maximum atomic E-state index is 5.98. The normalized spacial score (nSPS) is 15.9. The summed E-state index contributed by atoms with van der Waals surface area (Å²) >= 11 is 0. The van der Waals surface area contributed by atoms with Crippen LogP contribution in [0.15, 0.2) is 57.6 Å². The minimum atomic E-state index is 0.390. The topological polar surface area (TPSA) is 55.3 Å². The van der Waals surface area contributed by atoms with E-state index in [1.807, 2.05) is 24.3 Å². The van der Waals surface area contributed by atoms with Crippen molar-refractivity contribution in [3.05, 3.63) is 71.4 Å². The zero-order valence-electron chi connectivity index (χ0n) is 16.9. The molecule has 1 saturated heterocycles. The highest BCUT2D eigenvalue weighted by atomic mass is 16.3. The molecule has 0 N–H and O–H groups in total. The van der Waals surface area contributed by atoms with Crippen molar-refractivity contribution in [2.24, 2.45) is 0 Å². The van der Waals surface area contributed by atoms with Gasteiger partial charge in [-0.3, -0.25) is 4.90 Å². The molecular formula is C24H25N3O2. The Morgan fingerprint density at radius 2 is 1.86 bits per heavy atom. The van der Waals surface area contributed by atoms with Gasteiger partial charge in [-0.25, -0.2) is 9.97 Å². The van der Waals surface area contributed by atoms with E-state index >= 15 is 0 Å². The van der Waals surface area contributed by atoms with E-state index < -0.39 is 0 Å². The number of hydrogen-bond donors (Lipinski definition) is 0. The molecule has 29 heavy (non-hydrogen) atoms. The van der Waals surface area contributed by atoms with Crippen LogP contribution in [0.1, 0.15) is 41.5 Å². The predicted octanol–water partition coefficient (Wildman–Crippen LogP) is 5.48. The molecule has 1 aliphatic rings. The number of para-hydroxylation sites is 2. The fourth-order valence-electron chi connectivity index (χ4n) is 4.19. The lowest BCUT2D eigenvalue weighted by molar-refractivity contribution is 0.192. The molecule has 2 aromatic carbocycles. The number of aromatic nitrogens is 2. The van der Waals surface area contributed by atoms with Gasteiger partial charge in [-0.2, -0.15) is 0 Å². The fourth-order valence-corrected chi connectivity index (χ4v) is 4.19. The van der Waals surface area contributed by atoms with E-state index in [1.165, 1.54) is 11.1 Å². The molecule has 1 aliphatic heterocycles. The van der Waals surface area contributed by atoms with Gasteiger partial charge in [0, 0.05) is 18.0 Å². The largest absolute Gasteiger partial charge is 0.444 e. The van der Waals surface area contributed by atoms with Crippen LogP contribution in [0.5, 0.6) is 0 Å². The predicted molar refractivity (Wildman–Crippen MR) is 113 cm³/mol. The summed E-state index contributed by atoms with van der Waals surface area (Å²) < 4.78 is 11.8. The number of oxazole rings is 2. The third-order valence-corrected chi connectivity index (χ3v) is 5.80. The van der Waals surface area contributed by atoms with E-state index in [0.29, 0.717) is 11.8 Å². The van der Waals surface area contributed by atoms with Crippen molar-refractivity contribution in [3.63, 3.8) is 0 Å². The van der Waals surface area contributed by atoms with Crippen molar-refractivity contribution in [1.29, 1.82) is 0 Å². The third kappa shape index (κ3) is 3.70. The molecule has 0 unspecified atom stereocenters. The summed E-state index contributed by atoms with van der Waals surface area (Å²) in [6, 6.07) is 14.3. The maximum Gasteiger partial charge on any atom is 0.226 e. The Morgan fingerprint density at radius 3 is 2.66 bits per heavy atom. The Kier molecular flexibility index (Phi) is 4.68. The number of aryl methyl sites for hydroxylation is 2. The summed E-state index contributed by atoms with van der Waals surface area (Å²) in [6.45, 7) is 7.03. The first-order valence-corrected chi connectivity index (χ1v) is 10.3. The highest BCUT2D eigenvalue weighted by molar-refractivity contribution is 5.72. The average Bonchev–Trinajstić information content (AvgIpc) is 3.35. The van der Waals surface area contributed by atoms with Crippen LogP contribution in [-0.4, -0.2) is 28.0 Å². The molecule has 4 aromatic rings. The molecule has 0 spiro atoms. The lowest BCUT2D eigenvalue weighted by Gasteiger charge is -2.29. The second-order valence-corrected chi connectivity index (χ2v) is 8.03. The first-order chi connectivity index (χ1) is 14.2. The minimum absolute atomic E-state index is 0.390. The van der Waals surface area contributed by atoms with Gasteiger partial charge in [0.05, 0.1) is 5.69 Å². The molecule has 148 valence electrons. The summed E-state index contributed by atoms with van der Waals surface area (Å²) in [5.74, 6) is 1.98. The standard InChI is InChI=1S/C24H25N3O2/c1-16-7-8-20(17(2)13-16)24-25-19(15-28-24)14-27-11-9-18(10-12-27)23-26-21-5-3-4-6-22(21)29-23/h3-8,13,15,18H,9-12,14H2,1-2H3. The monoisotopic (exact) mass is 387 g/mol. The summed E-state index contributed by atoms with van der Waals surface area (Å²) in [4.78, 5) is 11.8. The molecule has 5 rings (SSSR count). The number of rotatable bonds is 4. The average molecular weight is 387 g/mol. The molecule has 5 heteroatoms. The molecule has 0 bridgehead atoms. The summed E-state index contributed by atoms with van der Waals surface area (Å²) in [7, 11) is 0. The number of likely N-dealkylation sites (tertiary alicyclic amines) is 1. The van der Waals surface area contributed by atoms with Crippen LogP contribution in [-0.2, 0) is 6.54 Å². The van der Waals surface area contributed by atoms with E-state index in [2.05, 4.69) is 41.9 Å². The number of piperidine rings is 1. The van der Waals surface area contributed by atoms with Gasteiger partial charge in [0.2, 0.25) is 5.89 Å². The summed E-state index contributed by atoms with van der Waals surface area (Å²) in [5.41, 5.74) is 6.33. The number of hydrogen-bond acceptors (Lipinski definition) is 5. The van der Waals surface area contributed by atoms with Gasteiger partial charge in [0.1, 0.15) is 11.8 Å². The molecule has 0 aliphatic carbocycles. The van der Waals surface area contributed by atoms with Gasteiger partial charge in [-0.15, -0.1) is 0 Å². The van der Waals surface area contributed by atoms with Crippen LogP contribution in [0, 0.1) is 13.8 Å². The van der Waals surface area contributed by atoms with Gasteiger partial charge in [0.15, 0.2) is 11.5 Å².